The average molecular weight is 234 g/mol. The zero-order valence-corrected chi connectivity index (χ0v) is 8.80. The van der Waals surface area contributed by atoms with E-state index in [4.69, 9.17) is 0 Å². The first kappa shape index (κ1) is 11.4. The highest BCUT2D eigenvalue weighted by Crippen LogP contribution is 2.01. The highest BCUT2D eigenvalue weighted by Gasteiger charge is 2.03. The third-order valence-electron chi connectivity index (χ3n) is 1.31. The molecule has 0 N–H and O–H groups in total. The number of halogens is 1. The maximum absolute atomic E-state index is 11.2. The van der Waals surface area contributed by atoms with E-state index in [2.05, 4.69) is 15.9 Å². The Morgan fingerprint density at radius 1 is 1.58 bits per heavy atom. The molecule has 4 heteroatoms. The normalized spacial score (nSPS) is 11.1. The first-order valence-electron chi connectivity index (χ1n) is 3.69. The van der Waals surface area contributed by atoms with E-state index in [1.54, 1.807) is 11.9 Å². The van der Waals surface area contributed by atoms with Gasteiger partial charge in [0.25, 0.3) is 0 Å². The van der Waals surface area contributed by atoms with Gasteiger partial charge in [-0.05, 0) is 22.4 Å². The fraction of sp³-hybridized carbons (Fsp3) is 0.500. The maximum atomic E-state index is 11.2. The minimum Gasteiger partial charge on any atom is -0.342 e. The number of amides is 1. The van der Waals surface area contributed by atoms with Gasteiger partial charge in [-0.15, -0.1) is 0 Å². The Hall–Kier alpha value is -0.640. The lowest BCUT2D eigenvalue weighted by molar-refractivity contribution is -0.125. The van der Waals surface area contributed by atoms with Gasteiger partial charge >= 0.3 is 0 Å². The summed E-state index contributed by atoms with van der Waals surface area (Å²) in [6.45, 7) is 2.69. The summed E-state index contributed by atoms with van der Waals surface area (Å²) in [5, 5.41) is 0. The van der Waals surface area contributed by atoms with Crippen LogP contribution in [0.5, 0.6) is 0 Å². The SMILES string of the molecule is CCCN(C)C(=O)/C=C(/Br)C=O. The molecule has 12 heavy (non-hydrogen) atoms. The average Bonchev–Trinajstić information content (AvgIpc) is 2.04. The van der Waals surface area contributed by atoms with Crippen LogP contribution in [0.1, 0.15) is 13.3 Å². The Morgan fingerprint density at radius 2 is 2.17 bits per heavy atom. The van der Waals surface area contributed by atoms with Crippen molar-refractivity contribution >= 4 is 28.1 Å². The largest absolute Gasteiger partial charge is 0.342 e. The number of carbonyl (C=O) groups excluding carboxylic acids is 2. The van der Waals surface area contributed by atoms with Crippen LogP contribution in [0.15, 0.2) is 10.6 Å². The van der Waals surface area contributed by atoms with E-state index in [0.29, 0.717) is 12.8 Å². The minimum atomic E-state index is -0.157. The van der Waals surface area contributed by atoms with Crippen LogP contribution in [0.4, 0.5) is 0 Å². The molecule has 0 bridgehead atoms. The van der Waals surface area contributed by atoms with E-state index >= 15 is 0 Å². The number of rotatable bonds is 4. The molecule has 0 unspecified atom stereocenters. The summed E-state index contributed by atoms with van der Waals surface area (Å²) in [5.41, 5.74) is 0. The molecule has 0 saturated heterocycles. The monoisotopic (exact) mass is 233 g/mol. The predicted molar refractivity (Wildman–Crippen MR) is 51.0 cm³/mol. The molecule has 0 rings (SSSR count). The molecule has 68 valence electrons. The maximum Gasteiger partial charge on any atom is 0.247 e. The van der Waals surface area contributed by atoms with Gasteiger partial charge in [0.05, 0.1) is 4.48 Å². The van der Waals surface area contributed by atoms with Gasteiger partial charge in [0.1, 0.15) is 0 Å². The molecule has 0 radical (unpaired) electrons. The third-order valence-corrected chi connectivity index (χ3v) is 1.73. The highest BCUT2D eigenvalue weighted by molar-refractivity contribution is 9.12. The van der Waals surface area contributed by atoms with Crippen molar-refractivity contribution < 1.29 is 9.59 Å². The number of aldehydes is 1. The molecule has 0 spiro atoms. The molecule has 0 aliphatic heterocycles. The van der Waals surface area contributed by atoms with Crippen LogP contribution < -0.4 is 0 Å². The summed E-state index contributed by atoms with van der Waals surface area (Å²) in [4.78, 5) is 22.9. The van der Waals surface area contributed by atoms with Crippen LogP contribution >= 0.6 is 15.9 Å². The van der Waals surface area contributed by atoms with Crippen LogP contribution in [-0.4, -0.2) is 30.7 Å². The van der Waals surface area contributed by atoms with E-state index in [-0.39, 0.29) is 10.4 Å². The lowest BCUT2D eigenvalue weighted by atomic mass is 10.4. The quantitative estimate of drug-likeness (QED) is 0.543. The molecule has 0 atom stereocenters. The molecule has 3 nitrogen and oxygen atoms in total. The van der Waals surface area contributed by atoms with Crippen molar-refractivity contribution in [3.63, 3.8) is 0 Å². The summed E-state index contributed by atoms with van der Waals surface area (Å²) in [7, 11) is 1.70. The van der Waals surface area contributed by atoms with Gasteiger partial charge < -0.3 is 4.90 Å². The fourth-order valence-corrected chi connectivity index (χ4v) is 0.904. The molecular weight excluding hydrogens is 222 g/mol. The molecule has 0 aromatic heterocycles. The van der Waals surface area contributed by atoms with Crippen molar-refractivity contribution in [3.05, 3.63) is 10.6 Å². The lowest BCUT2D eigenvalue weighted by Gasteiger charge is -2.12. The van der Waals surface area contributed by atoms with Gasteiger partial charge in [0.2, 0.25) is 5.91 Å². The van der Waals surface area contributed by atoms with Gasteiger partial charge in [0, 0.05) is 19.7 Å². The highest BCUT2D eigenvalue weighted by atomic mass is 79.9. The second-order valence-corrected chi connectivity index (χ2v) is 3.32. The first-order chi connectivity index (χ1) is 5.61. The summed E-state index contributed by atoms with van der Waals surface area (Å²) in [6.07, 6.45) is 2.77. The number of allylic oxidation sites excluding steroid dienone is 1. The predicted octanol–water partition coefficient (Wildman–Crippen LogP) is 1.33. The van der Waals surface area contributed by atoms with Gasteiger partial charge in [-0.1, -0.05) is 6.92 Å². The van der Waals surface area contributed by atoms with E-state index in [1.165, 1.54) is 6.08 Å². The zero-order chi connectivity index (χ0) is 9.56. The van der Waals surface area contributed by atoms with Crippen molar-refractivity contribution in [2.75, 3.05) is 13.6 Å². The van der Waals surface area contributed by atoms with E-state index in [1.807, 2.05) is 6.92 Å². The Kier molecular flexibility index (Phi) is 5.62. The minimum absolute atomic E-state index is 0.157. The molecule has 0 saturated carbocycles. The van der Waals surface area contributed by atoms with E-state index in [9.17, 15) is 9.59 Å². The standard InChI is InChI=1S/C8H12BrNO2/c1-3-4-10(2)8(12)5-7(9)6-11/h5-6H,3-4H2,1-2H3/b7-5+. The van der Waals surface area contributed by atoms with Crippen molar-refractivity contribution in [1.29, 1.82) is 0 Å². The van der Waals surface area contributed by atoms with Gasteiger partial charge in [0.15, 0.2) is 6.29 Å². The van der Waals surface area contributed by atoms with E-state index in [0.717, 1.165) is 6.42 Å². The lowest BCUT2D eigenvalue weighted by Crippen LogP contribution is -2.25. The Labute approximate surface area is 80.6 Å². The van der Waals surface area contributed by atoms with Crippen LogP contribution in [-0.2, 0) is 9.59 Å². The van der Waals surface area contributed by atoms with Gasteiger partial charge in [-0.3, -0.25) is 9.59 Å². The van der Waals surface area contributed by atoms with Crippen LogP contribution in [0.25, 0.3) is 0 Å². The molecule has 0 aliphatic carbocycles. The molecule has 0 aromatic rings. The van der Waals surface area contributed by atoms with Crippen molar-refractivity contribution in [2.45, 2.75) is 13.3 Å². The molecule has 0 aromatic carbocycles. The van der Waals surface area contributed by atoms with Crippen LogP contribution in [0, 0.1) is 0 Å². The van der Waals surface area contributed by atoms with Crippen molar-refractivity contribution in [3.8, 4) is 0 Å². The zero-order valence-electron chi connectivity index (χ0n) is 7.21. The van der Waals surface area contributed by atoms with Gasteiger partial charge in [-0.25, -0.2) is 0 Å². The summed E-state index contributed by atoms with van der Waals surface area (Å²) in [5.74, 6) is -0.157. The summed E-state index contributed by atoms with van der Waals surface area (Å²) in [6, 6.07) is 0. The molecule has 0 aliphatic rings. The van der Waals surface area contributed by atoms with E-state index < -0.39 is 0 Å². The second-order valence-electron chi connectivity index (χ2n) is 2.41. The number of hydrogen-bond acceptors (Lipinski definition) is 2. The summed E-state index contributed by atoms with van der Waals surface area (Å²) < 4.78 is 0.274. The van der Waals surface area contributed by atoms with Gasteiger partial charge in [-0.2, -0.15) is 0 Å². The number of carbonyl (C=O) groups is 2. The van der Waals surface area contributed by atoms with Crippen molar-refractivity contribution in [2.24, 2.45) is 0 Å². The topological polar surface area (TPSA) is 37.4 Å². The molecule has 1 amide bonds. The van der Waals surface area contributed by atoms with Crippen LogP contribution in [0.3, 0.4) is 0 Å². The third kappa shape index (κ3) is 4.28. The molecule has 0 heterocycles. The van der Waals surface area contributed by atoms with Crippen molar-refractivity contribution in [1.82, 2.24) is 4.90 Å². The number of nitrogens with zero attached hydrogens (tertiary/aromatic N) is 1. The number of likely N-dealkylation sites (N-methyl/N-ethyl adjacent to an activating group) is 1. The Bertz CT molecular complexity index is 201. The Balaban J connectivity index is 4.11. The molecular formula is C8H12BrNO2. The molecule has 0 fully saturated rings. The number of hydrogen-bond donors (Lipinski definition) is 0. The Morgan fingerprint density at radius 3 is 2.58 bits per heavy atom. The van der Waals surface area contributed by atoms with Crippen LogP contribution in [0.2, 0.25) is 0 Å². The first-order valence-corrected chi connectivity index (χ1v) is 4.48. The summed E-state index contributed by atoms with van der Waals surface area (Å²) >= 11 is 2.94. The fourth-order valence-electron chi connectivity index (χ4n) is 0.708. The smallest absolute Gasteiger partial charge is 0.247 e. The second kappa shape index (κ2) is 5.94.